The quantitative estimate of drug-likeness (QED) is 0.361. The highest BCUT2D eigenvalue weighted by Crippen LogP contribution is 2.64. The topological polar surface area (TPSA) is 102 Å². The molecule has 196 valence electrons. The van der Waals surface area contributed by atoms with Crippen molar-refractivity contribution in [2.45, 2.75) is 105 Å². The van der Waals surface area contributed by atoms with Crippen molar-refractivity contribution >= 4 is 11.9 Å². The number of allylic oxidation sites excluding steroid dienone is 3. The van der Waals surface area contributed by atoms with Crippen molar-refractivity contribution < 1.29 is 19.4 Å². The summed E-state index contributed by atoms with van der Waals surface area (Å²) in [5, 5.41) is 13.4. The van der Waals surface area contributed by atoms with Crippen LogP contribution in [0.5, 0.6) is 0 Å². The maximum Gasteiger partial charge on any atom is 0.329 e. The van der Waals surface area contributed by atoms with Crippen LogP contribution in [0, 0.1) is 40.4 Å². The van der Waals surface area contributed by atoms with Gasteiger partial charge in [-0.25, -0.2) is 4.79 Å². The second-order valence-corrected chi connectivity index (χ2v) is 12.8. The largest absolute Gasteiger partial charge is 0.512 e. The molecule has 0 radical (unpaired) electrons. The maximum atomic E-state index is 13.1. The summed E-state index contributed by atoms with van der Waals surface area (Å²) in [5.74, 6) is 1.63. The third-order valence-corrected chi connectivity index (χ3v) is 10.1. The van der Waals surface area contributed by atoms with E-state index in [4.69, 9.17) is 10.5 Å². The number of hydrogen-bond donors (Lipinski definition) is 3. The molecule has 8 atom stereocenters. The van der Waals surface area contributed by atoms with Gasteiger partial charge in [0.1, 0.15) is 12.1 Å². The minimum Gasteiger partial charge on any atom is -0.512 e. The van der Waals surface area contributed by atoms with Crippen LogP contribution in [0.2, 0.25) is 0 Å². The summed E-state index contributed by atoms with van der Waals surface area (Å²) in [7, 11) is 0. The molecule has 0 saturated heterocycles. The Balaban J connectivity index is 1.42. The van der Waals surface area contributed by atoms with Crippen LogP contribution in [-0.2, 0) is 14.3 Å². The van der Waals surface area contributed by atoms with Gasteiger partial charge < -0.3 is 20.9 Å². The van der Waals surface area contributed by atoms with E-state index < -0.39 is 12.1 Å². The highest BCUT2D eigenvalue weighted by atomic mass is 16.5. The standard InChI is InChI=1S/C29H46N2O4/c1-16(2)24(30)26(33)31-25(17(3)4)27(34)35-19-11-13-28(5)18(15-19)7-8-20-21-9-10-23(32)29(21,6)14-12-22(20)28/h7,10,16-17,19-22,24-25,32H,8-9,11-15,30H2,1-6H3,(H,31,33)/t19-,20-,21-,22-,24-,25-,28-,29-/m0/s1. The molecule has 6 nitrogen and oxygen atoms in total. The molecule has 0 aromatic heterocycles. The highest BCUT2D eigenvalue weighted by Gasteiger charge is 2.57. The summed E-state index contributed by atoms with van der Waals surface area (Å²) < 4.78 is 6.01. The number of esters is 1. The number of aliphatic hydroxyl groups excluding tert-OH is 1. The predicted octanol–water partition coefficient (Wildman–Crippen LogP) is 5.04. The van der Waals surface area contributed by atoms with E-state index in [9.17, 15) is 14.7 Å². The molecule has 4 aliphatic carbocycles. The molecule has 4 aliphatic rings. The van der Waals surface area contributed by atoms with Gasteiger partial charge in [0.25, 0.3) is 0 Å². The Morgan fingerprint density at radius 3 is 2.37 bits per heavy atom. The molecule has 0 aliphatic heterocycles. The molecule has 2 fully saturated rings. The fourth-order valence-corrected chi connectivity index (χ4v) is 7.56. The number of nitrogens with one attached hydrogen (secondary N) is 1. The van der Waals surface area contributed by atoms with E-state index in [1.807, 2.05) is 27.7 Å². The first-order valence-corrected chi connectivity index (χ1v) is 13.7. The Morgan fingerprint density at radius 2 is 1.71 bits per heavy atom. The van der Waals surface area contributed by atoms with Gasteiger partial charge in [-0.2, -0.15) is 0 Å². The molecule has 6 heteroatoms. The van der Waals surface area contributed by atoms with Crippen LogP contribution in [0.25, 0.3) is 0 Å². The monoisotopic (exact) mass is 486 g/mol. The maximum absolute atomic E-state index is 13.1. The first-order chi connectivity index (χ1) is 16.4. The molecule has 0 spiro atoms. The molecule has 0 unspecified atom stereocenters. The van der Waals surface area contributed by atoms with Gasteiger partial charge >= 0.3 is 5.97 Å². The summed E-state index contributed by atoms with van der Waals surface area (Å²) in [5.41, 5.74) is 7.52. The van der Waals surface area contributed by atoms with Gasteiger partial charge in [0, 0.05) is 11.8 Å². The van der Waals surface area contributed by atoms with Crippen LogP contribution < -0.4 is 11.1 Å². The smallest absolute Gasteiger partial charge is 0.329 e. The molecule has 0 aromatic carbocycles. The molecule has 1 amide bonds. The van der Waals surface area contributed by atoms with Crippen molar-refractivity contribution in [2.24, 2.45) is 46.2 Å². The summed E-state index contributed by atoms with van der Waals surface area (Å²) in [4.78, 5) is 25.6. The Hall–Kier alpha value is -1.82. The van der Waals surface area contributed by atoms with Crippen molar-refractivity contribution in [3.05, 3.63) is 23.5 Å². The summed E-state index contributed by atoms with van der Waals surface area (Å²) in [6.07, 6.45) is 11.2. The van der Waals surface area contributed by atoms with Crippen molar-refractivity contribution in [3.63, 3.8) is 0 Å². The molecule has 0 bridgehead atoms. The van der Waals surface area contributed by atoms with E-state index >= 15 is 0 Å². The van der Waals surface area contributed by atoms with Gasteiger partial charge in [-0.05, 0) is 79.6 Å². The first-order valence-electron chi connectivity index (χ1n) is 13.7. The average Bonchev–Trinajstić information content (AvgIpc) is 3.11. The third-order valence-electron chi connectivity index (χ3n) is 10.1. The van der Waals surface area contributed by atoms with Gasteiger partial charge in [0.15, 0.2) is 0 Å². The number of ether oxygens (including phenoxy) is 1. The molecule has 0 heterocycles. The molecule has 2 saturated carbocycles. The van der Waals surface area contributed by atoms with Crippen LogP contribution in [0.1, 0.15) is 86.5 Å². The lowest BCUT2D eigenvalue weighted by molar-refractivity contribution is -0.156. The third kappa shape index (κ3) is 4.56. The van der Waals surface area contributed by atoms with E-state index in [1.54, 1.807) is 0 Å². The zero-order valence-corrected chi connectivity index (χ0v) is 22.5. The number of carbonyl (C=O) groups excluding carboxylic acids is 2. The lowest BCUT2D eigenvalue weighted by Gasteiger charge is -2.57. The Morgan fingerprint density at radius 1 is 1.03 bits per heavy atom. The van der Waals surface area contributed by atoms with Crippen molar-refractivity contribution in [3.8, 4) is 0 Å². The van der Waals surface area contributed by atoms with Crippen molar-refractivity contribution in [1.82, 2.24) is 5.32 Å². The lowest BCUT2D eigenvalue weighted by atomic mass is 9.48. The second-order valence-electron chi connectivity index (χ2n) is 12.8. The normalized spacial score (nSPS) is 38.0. The minimum atomic E-state index is -0.691. The van der Waals surface area contributed by atoms with Crippen molar-refractivity contribution in [1.29, 1.82) is 0 Å². The summed E-state index contributed by atoms with van der Waals surface area (Å²) in [6, 6.07) is -1.34. The number of aliphatic hydroxyl groups is 1. The van der Waals surface area contributed by atoms with E-state index in [0.29, 0.717) is 23.5 Å². The van der Waals surface area contributed by atoms with E-state index in [0.717, 1.165) is 44.9 Å². The number of carbonyl (C=O) groups is 2. The van der Waals surface area contributed by atoms with Gasteiger partial charge in [-0.15, -0.1) is 0 Å². The van der Waals surface area contributed by atoms with Gasteiger partial charge in [-0.3, -0.25) is 4.79 Å². The number of rotatable bonds is 6. The average molecular weight is 487 g/mol. The molecule has 35 heavy (non-hydrogen) atoms. The fourth-order valence-electron chi connectivity index (χ4n) is 7.56. The summed E-state index contributed by atoms with van der Waals surface area (Å²) in [6.45, 7) is 12.3. The highest BCUT2D eigenvalue weighted by molar-refractivity contribution is 5.87. The van der Waals surface area contributed by atoms with E-state index in [1.165, 1.54) is 5.57 Å². The Bertz CT molecular complexity index is 908. The second kappa shape index (κ2) is 9.57. The van der Waals surface area contributed by atoms with Crippen LogP contribution >= 0.6 is 0 Å². The van der Waals surface area contributed by atoms with Crippen LogP contribution in [-0.4, -0.2) is 35.2 Å². The number of fused-ring (bicyclic) bond motifs is 5. The Kier molecular flexibility index (Phi) is 7.18. The SMILES string of the molecule is CC(C)[C@H](N)C(=O)N[C@H](C(=O)O[C@H]1CC[C@@]2(C)C(=CC[C@@H]3[C@@H]2CC[C@]2(C)C(O)=CC[C@@H]32)C1)C(C)C. The molecule has 4 N–H and O–H groups in total. The molecule has 0 aromatic rings. The van der Waals surface area contributed by atoms with Crippen molar-refractivity contribution in [2.75, 3.05) is 0 Å². The Labute approximate surface area is 211 Å². The van der Waals surface area contributed by atoms with Gasteiger partial charge in [0.05, 0.1) is 11.8 Å². The zero-order chi connectivity index (χ0) is 25.7. The molecular weight excluding hydrogens is 440 g/mol. The number of hydrogen-bond acceptors (Lipinski definition) is 5. The van der Waals surface area contributed by atoms with Crippen LogP contribution in [0.3, 0.4) is 0 Å². The van der Waals surface area contributed by atoms with E-state index in [2.05, 4.69) is 31.3 Å². The van der Waals surface area contributed by atoms with Gasteiger partial charge in [0.2, 0.25) is 5.91 Å². The zero-order valence-electron chi connectivity index (χ0n) is 22.5. The first kappa shape index (κ1) is 26.2. The molecular formula is C29H46N2O4. The minimum absolute atomic E-state index is 0.00134. The predicted molar refractivity (Wildman–Crippen MR) is 137 cm³/mol. The fraction of sp³-hybridized carbons (Fsp3) is 0.793. The van der Waals surface area contributed by atoms with E-state index in [-0.39, 0.29) is 40.6 Å². The van der Waals surface area contributed by atoms with Crippen LogP contribution in [0.15, 0.2) is 23.5 Å². The van der Waals surface area contributed by atoms with Crippen LogP contribution in [0.4, 0.5) is 0 Å². The van der Waals surface area contributed by atoms with Gasteiger partial charge in [-0.1, -0.05) is 53.2 Å². The summed E-state index contributed by atoms with van der Waals surface area (Å²) >= 11 is 0. The lowest BCUT2D eigenvalue weighted by Crippen LogP contribution is -2.53. The molecule has 4 rings (SSSR count). The number of amides is 1. The number of nitrogens with two attached hydrogens (primary N) is 1.